The number of hydrogen-bond donors (Lipinski definition) is 0. The summed E-state index contributed by atoms with van der Waals surface area (Å²) in [6, 6.07) is 0. The Balaban J connectivity index is -0.000000202. The van der Waals surface area contributed by atoms with Crippen LogP contribution in [0.1, 0.15) is 13.8 Å². The molecule has 0 spiro atoms. The first-order valence-corrected chi connectivity index (χ1v) is 4.65. The van der Waals surface area contributed by atoms with Gasteiger partial charge in [0.1, 0.15) is 0 Å². The smallest absolute Gasteiger partial charge is 0.0512 e. The SMILES string of the molecule is CCN(C)CN(C)CN(C)CC.[Y].[Y].[Y]. The van der Waals surface area contributed by atoms with Gasteiger partial charge in [0.15, 0.2) is 0 Å². The Morgan fingerprint density at radius 1 is 0.600 bits per heavy atom. The second kappa shape index (κ2) is 17.2. The van der Waals surface area contributed by atoms with E-state index in [1.807, 2.05) is 0 Å². The van der Waals surface area contributed by atoms with Crippen molar-refractivity contribution >= 4 is 0 Å². The van der Waals surface area contributed by atoms with Gasteiger partial charge in [-0.25, -0.2) is 0 Å². The van der Waals surface area contributed by atoms with Crippen molar-refractivity contribution in [3.63, 3.8) is 0 Å². The summed E-state index contributed by atoms with van der Waals surface area (Å²) in [6.45, 7) is 8.66. The summed E-state index contributed by atoms with van der Waals surface area (Å²) in [5.41, 5.74) is 0. The number of rotatable bonds is 6. The fourth-order valence-electron chi connectivity index (χ4n) is 1.07. The van der Waals surface area contributed by atoms with E-state index < -0.39 is 0 Å². The number of nitrogens with zero attached hydrogens (tertiary/aromatic N) is 3. The first-order chi connectivity index (χ1) is 5.60. The summed E-state index contributed by atoms with van der Waals surface area (Å²) in [6.07, 6.45) is 0. The molecule has 0 aliphatic heterocycles. The zero-order valence-corrected chi connectivity index (χ0v) is 19.4. The van der Waals surface area contributed by atoms with Crippen molar-refractivity contribution in [3.8, 4) is 0 Å². The van der Waals surface area contributed by atoms with E-state index in [0.717, 1.165) is 26.4 Å². The molecule has 0 rings (SSSR count). The van der Waals surface area contributed by atoms with Crippen molar-refractivity contribution in [1.29, 1.82) is 0 Å². The standard InChI is InChI=1S/C9H23N3.3Y/c1-6-10(3)8-12(5)9-11(4)7-2;;;/h6-9H2,1-5H3;;;. The van der Waals surface area contributed by atoms with E-state index in [1.54, 1.807) is 0 Å². The molecule has 0 aromatic carbocycles. The molecule has 0 bridgehead atoms. The molecule has 0 aromatic heterocycles. The summed E-state index contributed by atoms with van der Waals surface area (Å²) in [5, 5.41) is 0. The zero-order valence-electron chi connectivity index (χ0n) is 10.9. The van der Waals surface area contributed by atoms with Crippen LogP contribution in [0.15, 0.2) is 0 Å². The van der Waals surface area contributed by atoms with Gasteiger partial charge in [-0.2, -0.15) is 0 Å². The second-order valence-corrected chi connectivity index (χ2v) is 3.48. The average molecular weight is 440 g/mol. The largest absolute Gasteiger partial charge is 0.294 e. The maximum Gasteiger partial charge on any atom is 0.0512 e. The molecular formula is C9H23N3Y3. The third-order valence-electron chi connectivity index (χ3n) is 2.05. The molecule has 15 heavy (non-hydrogen) atoms. The molecule has 0 fully saturated rings. The van der Waals surface area contributed by atoms with Gasteiger partial charge in [0, 0.05) is 98.1 Å². The quantitative estimate of drug-likeness (QED) is 0.565. The zero-order chi connectivity index (χ0) is 9.56. The normalized spacial score (nSPS) is 9.60. The molecule has 3 nitrogen and oxygen atoms in total. The van der Waals surface area contributed by atoms with Crippen LogP contribution >= 0.6 is 0 Å². The maximum atomic E-state index is 2.31. The van der Waals surface area contributed by atoms with Crippen LogP contribution in [0.5, 0.6) is 0 Å². The van der Waals surface area contributed by atoms with Gasteiger partial charge < -0.3 is 0 Å². The summed E-state index contributed by atoms with van der Waals surface area (Å²) < 4.78 is 0. The van der Waals surface area contributed by atoms with E-state index in [4.69, 9.17) is 0 Å². The van der Waals surface area contributed by atoms with E-state index in [2.05, 4.69) is 49.7 Å². The van der Waals surface area contributed by atoms with Gasteiger partial charge in [0.05, 0.1) is 13.3 Å². The molecular weight excluding hydrogens is 417 g/mol. The Bertz CT molecular complexity index is 105. The van der Waals surface area contributed by atoms with Gasteiger partial charge in [-0.15, -0.1) is 0 Å². The van der Waals surface area contributed by atoms with Crippen molar-refractivity contribution in [3.05, 3.63) is 0 Å². The summed E-state index contributed by atoms with van der Waals surface area (Å²) in [5.74, 6) is 0. The van der Waals surface area contributed by atoms with Crippen LogP contribution in [-0.4, -0.2) is 62.3 Å². The first kappa shape index (κ1) is 26.7. The molecule has 0 unspecified atom stereocenters. The van der Waals surface area contributed by atoms with Crippen LogP contribution in [0.3, 0.4) is 0 Å². The van der Waals surface area contributed by atoms with Crippen LogP contribution < -0.4 is 0 Å². The van der Waals surface area contributed by atoms with Crippen LogP contribution in [0.4, 0.5) is 0 Å². The molecule has 0 N–H and O–H groups in total. The molecule has 3 radical (unpaired) electrons. The molecule has 0 aliphatic carbocycles. The molecule has 0 atom stereocenters. The maximum absolute atomic E-state index is 2.31. The van der Waals surface area contributed by atoms with Gasteiger partial charge in [0.2, 0.25) is 0 Å². The average Bonchev–Trinajstić information content (AvgIpc) is 2.03. The minimum atomic E-state index is 0. The first-order valence-electron chi connectivity index (χ1n) is 4.65. The van der Waals surface area contributed by atoms with Gasteiger partial charge in [-0.1, -0.05) is 13.8 Å². The van der Waals surface area contributed by atoms with E-state index in [-0.39, 0.29) is 98.1 Å². The second-order valence-electron chi connectivity index (χ2n) is 3.48. The van der Waals surface area contributed by atoms with E-state index >= 15 is 0 Å². The molecule has 0 saturated heterocycles. The Kier molecular flexibility index (Phi) is 30.6. The summed E-state index contributed by atoms with van der Waals surface area (Å²) in [4.78, 5) is 6.90. The Morgan fingerprint density at radius 2 is 0.867 bits per heavy atom. The van der Waals surface area contributed by atoms with Crippen molar-refractivity contribution in [2.24, 2.45) is 0 Å². The monoisotopic (exact) mass is 440 g/mol. The van der Waals surface area contributed by atoms with Crippen LogP contribution in [0.25, 0.3) is 0 Å². The van der Waals surface area contributed by atoms with Crippen molar-refractivity contribution in [1.82, 2.24) is 14.7 Å². The van der Waals surface area contributed by atoms with Crippen molar-refractivity contribution in [2.45, 2.75) is 13.8 Å². The molecule has 0 heterocycles. The van der Waals surface area contributed by atoms with E-state index in [9.17, 15) is 0 Å². The van der Waals surface area contributed by atoms with Crippen molar-refractivity contribution in [2.75, 3.05) is 47.6 Å². The summed E-state index contributed by atoms with van der Waals surface area (Å²) in [7, 11) is 6.43. The third-order valence-corrected chi connectivity index (χ3v) is 2.05. The predicted molar refractivity (Wildman–Crippen MR) is 54.1 cm³/mol. The minimum absolute atomic E-state index is 0. The predicted octanol–water partition coefficient (Wildman–Crippen LogP) is 0.729. The van der Waals surface area contributed by atoms with Gasteiger partial charge in [0.25, 0.3) is 0 Å². The van der Waals surface area contributed by atoms with E-state index in [0.29, 0.717) is 0 Å². The van der Waals surface area contributed by atoms with Gasteiger partial charge in [-0.05, 0) is 34.2 Å². The van der Waals surface area contributed by atoms with Crippen LogP contribution in [0.2, 0.25) is 0 Å². The Labute approximate surface area is 171 Å². The molecule has 0 aliphatic rings. The topological polar surface area (TPSA) is 9.72 Å². The van der Waals surface area contributed by atoms with Crippen molar-refractivity contribution < 1.29 is 98.1 Å². The fraction of sp³-hybridized carbons (Fsp3) is 1.00. The van der Waals surface area contributed by atoms with E-state index in [1.165, 1.54) is 0 Å². The summed E-state index contributed by atoms with van der Waals surface area (Å²) >= 11 is 0. The molecule has 0 saturated carbocycles. The molecule has 0 aromatic rings. The number of hydrogen-bond acceptors (Lipinski definition) is 3. The molecule has 83 valence electrons. The molecule has 0 amide bonds. The van der Waals surface area contributed by atoms with Crippen LogP contribution in [-0.2, 0) is 98.1 Å². The minimum Gasteiger partial charge on any atom is -0.294 e. The van der Waals surface area contributed by atoms with Gasteiger partial charge >= 0.3 is 0 Å². The Hall–Kier alpha value is 3.19. The third kappa shape index (κ3) is 17.2. The molecule has 6 heteroatoms. The van der Waals surface area contributed by atoms with Gasteiger partial charge in [-0.3, -0.25) is 14.7 Å². The Morgan fingerprint density at radius 3 is 1.07 bits per heavy atom. The fourth-order valence-corrected chi connectivity index (χ4v) is 1.07. The van der Waals surface area contributed by atoms with Crippen LogP contribution in [0, 0.1) is 0 Å².